The van der Waals surface area contributed by atoms with Crippen LogP contribution in [-0.2, 0) is 9.47 Å². The Balaban J connectivity index is 1.65. The molecule has 2 aromatic heterocycles. The van der Waals surface area contributed by atoms with E-state index in [4.69, 9.17) is 14.5 Å². The summed E-state index contributed by atoms with van der Waals surface area (Å²) in [7, 11) is 0. The van der Waals surface area contributed by atoms with Gasteiger partial charge in [0.1, 0.15) is 11.5 Å². The molecule has 4 rings (SSSR count). The van der Waals surface area contributed by atoms with Crippen molar-refractivity contribution in [3.63, 3.8) is 0 Å². The molecule has 23 heavy (non-hydrogen) atoms. The topological polar surface area (TPSA) is 60.4 Å². The molecule has 0 amide bonds. The van der Waals surface area contributed by atoms with Gasteiger partial charge in [-0.2, -0.15) is 0 Å². The van der Waals surface area contributed by atoms with Gasteiger partial charge in [0.25, 0.3) is 0 Å². The van der Waals surface area contributed by atoms with Crippen LogP contribution in [0.2, 0.25) is 0 Å². The van der Waals surface area contributed by atoms with Gasteiger partial charge >= 0.3 is 0 Å². The van der Waals surface area contributed by atoms with Crippen LogP contribution in [0, 0.1) is 6.92 Å². The van der Waals surface area contributed by atoms with E-state index >= 15 is 0 Å². The van der Waals surface area contributed by atoms with E-state index in [9.17, 15) is 0 Å². The van der Waals surface area contributed by atoms with E-state index in [-0.39, 0.29) is 0 Å². The number of pyridine rings is 1. The van der Waals surface area contributed by atoms with Crippen LogP contribution in [-0.4, -0.2) is 47.0 Å². The summed E-state index contributed by atoms with van der Waals surface area (Å²) in [4.78, 5) is 15.8. The normalized spacial score (nSPS) is 20.1. The van der Waals surface area contributed by atoms with Gasteiger partial charge in [0.2, 0.25) is 0 Å². The van der Waals surface area contributed by atoms with Gasteiger partial charge in [-0.05, 0) is 25.5 Å². The Morgan fingerprint density at radius 1 is 1.17 bits per heavy atom. The number of hydrogen-bond acceptors (Lipinski definition) is 6. The predicted molar refractivity (Wildman–Crippen MR) is 86.1 cm³/mol. The average Bonchev–Trinajstić information content (AvgIpc) is 3.03. The largest absolute Gasteiger partial charge is 0.351 e. The number of hydrogen-bond donors (Lipinski definition) is 0. The first-order chi connectivity index (χ1) is 11.2. The fourth-order valence-corrected chi connectivity index (χ4v) is 3.24. The van der Waals surface area contributed by atoms with Crippen LogP contribution >= 0.6 is 0 Å². The summed E-state index contributed by atoms with van der Waals surface area (Å²) in [6.07, 6.45) is 3.74. The van der Waals surface area contributed by atoms with Crippen molar-refractivity contribution in [2.75, 3.05) is 31.2 Å². The van der Waals surface area contributed by atoms with Gasteiger partial charge in [0.15, 0.2) is 11.6 Å². The molecule has 1 spiro atoms. The molecule has 6 nitrogen and oxygen atoms in total. The van der Waals surface area contributed by atoms with Crippen molar-refractivity contribution >= 4 is 5.82 Å². The quantitative estimate of drug-likeness (QED) is 0.847. The van der Waals surface area contributed by atoms with Crippen molar-refractivity contribution in [3.8, 4) is 11.5 Å². The molecule has 0 unspecified atom stereocenters. The van der Waals surface area contributed by atoms with Crippen molar-refractivity contribution in [3.05, 3.63) is 36.2 Å². The fraction of sp³-hybridized carbons (Fsp3) is 0.471. The van der Waals surface area contributed by atoms with Gasteiger partial charge in [-0.25, -0.2) is 9.97 Å². The van der Waals surface area contributed by atoms with Crippen LogP contribution in [0.5, 0.6) is 0 Å². The van der Waals surface area contributed by atoms with E-state index in [1.807, 2.05) is 31.2 Å². The molecular weight excluding hydrogens is 292 g/mol. The third kappa shape index (κ3) is 2.92. The molecular formula is C17H20N4O2. The first-order valence-corrected chi connectivity index (χ1v) is 8.04. The molecule has 2 fully saturated rings. The van der Waals surface area contributed by atoms with Crippen molar-refractivity contribution in [2.45, 2.75) is 25.6 Å². The Morgan fingerprint density at radius 3 is 2.83 bits per heavy atom. The minimum Gasteiger partial charge on any atom is -0.351 e. The predicted octanol–water partition coefficient (Wildman–Crippen LogP) is 2.19. The maximum absolute atomic E-state index is 5.86. The molecule has 2 saturated heterocycles. The van der Waals surface area contributed by atoms with Gasteiger partial charge < -0.3 is 14.4 Å². The van der Waals surface area contributed by atoms with Gasteiger partial charge in [-0.3, -0.25) is 4.98 Å². The lowest BCUT2D eigenvalue weighted by atomic mass is 10.0. The van der Waals surface area contributed by atoms with Crippen LogP contribution in [0.3, 0.4) is 0 Å². The molecule has 0 N–H and O–H groups in total. The van der Waals surface area contributed by atoms with Crippen molar-refractivity contribution < 1.29 is 9.47 Å². The zero-order valence-corrected chi connectivity index (χ0v) is 13.2. The molecule has 2 aliphatic heterocycles. The number of aromatic nitrogens is 3. The zero-order chi connectivity index (χ0) is 15.7. The van der Waals surface area contributed by atoms with Crippen LogP contribution < -0.4 is 4.90 Å². The van der Waals surface area contributed by atoms with Gasteiger partial charge in [0.05, 0.1) is 19.8 Å². The number of rotatable bonds is 2. The maximum Gasteiger partial charge on any atom is 0.186 e. The summed E-state index contributed by atoms with van der Waals surface area (Å²) in [6, 6.07) is 7.78. The third-order valence-corrected chi connectivity index (χ3v) is 4.29. The highest BCUT2D eigenvalue weighted by molar-refractivity contribution is 5.53. The van der Waals surface area contributed by atoms with E-state index in [0.29, 0.717) is 25.6 Å². The lowest BCUT2D eigenvalue weighted by molar-refractivity contribution is -0.161. The molecule has 2 aromatic rings. The van der Waals surface area contributed by atoms with E-state index in [0.717, 1.165) is 36.6 Å². The Hall–Kier alpha value is -2.05. The number of nitrogens with zero attached hydrogens (tertiary/aromatic N) is 4. The highest BCUT2D eigenvalue weighted by Gasteiger charge is 2.41. The molecule has 0 radical (unpaired) electrons. The number of ether oxygens (including phenoxy) is 2. The summed E-state index contributed by atoms with van der Waals surface area (Å²) >= 11 is 0. The second-order valence-corrected chi connectivity index (χ2v) is 6.04. The lowest BCUT2D eigenvalue weighted by Crippen LogP contribution is -2.49. The minimum atomic E-state index is -0.456. The molecule has 0 atom stereocenters. The van der Waals surface area contributed by atoms with E-state index in [1.54, 1.807) is 6.20 Å². The molecule has 2 aliphatic rings. The second-order valence-electron chi connectivity index (χ2n) is 6.04. The second kappa shape index (κ2) is 5.86. The monoisotopic (exact) mass is 312 g/mol. The van der Waals surface area contributed by atoms with Gasteiger partial charge in [-0.15, -0.1) is 0 Å². The minimum absolute atomic E-state index is 0.456. The van der Waals surface area contributed by atoms with Gasteiger partial charge in [-0.1, -0.05) is 6.07 Å². The molecule has 6 heteroatoms. The number of anilines is 1. The fourth-order valence-electron chi connectivity index (χ4n) is 3.24. The summed E-state index contributed by atoms with van der Waals surface area (Å²) < 4.78 is 11.7. The van der Waals surface area contributed by atoms with Crippen LogP contribution in [0.25, 0.3) is 11.5 Å². The van der Waals surface area contributed by atoms with E-state index < -0.39 is 5.79 Å². The Morgan fingerprint density at radius 2 is 2.04 bits per heavy atom. The maximum atomic E-state index is 5.86. The highest BCUT2D eigenvalue weighted by atomic mass is 16.7. The van der Waals surface area contributed by atoms with Crippen LogP contribution in [0.4, 0.5) is 5.82 Å². The van der Waals surface area contributed by atoms with Crippen molar-refractivity contribution in [1.29, 1.82) is 0 Å². The average molecular weight is 312 g/mol. The highest BCUT2D eigenvalue weighted by Crippen LogP contribution is 2.32. The zero-order valence-electron chi connectivity index (χ0n) is 13.2. The SMILES string of the molecule is Cc1cc(N2CCCC3(C2)OCCO3)nc(-c2ccccn2)n1. The first-order valence-electron chi connectivity index (χ1n) is 8.04. The Labute approximate surface area is 135 Å². The Bertz CT molecular complexity index is 686. The molecule has 120 valence electrons. The lowest BCUT2D eigenvalue weighted by Gasteiger charge is -2.39. The molecule has 0 aromatic carbocycles. The number of piperidine rings is 1. The smallest absolute Gasteiger partial charge is 0.186 e. The van der Waals surface area contributed by atoms with Crippen LogP contribution in [0.1, 0.15) is 18.5 Å². The first kappa shape index (κ1) is 14.5. The summed E-state index contributed by atoms with van der Waals surface area (Å²) in [5, 5.41) is 0. The van der Waals surface area contributed by atoms with Crippen molar-refractivity contribution in [2.24, 2.45) is 0 Å². The Kier molecular flexibility index (Phi) is 3.71. The van der Waals surface area contributed by atoms with Crippen LogP contribution in [0.15, 0.2) is 30.5 Å². The molecule has 4 heterocycles. The number of aryl methyl sites for hydroxylation is 1. The third-order valence-electron chi connectivity index (χ3n) is 4.29. The van der Waals surface area contributed by atoms with E-state index in [2.05, 4.69) is 14.9 Å². The molecule has 0 saturated carbocycles. The van der Waals surface area contributed by atoms with Gasteiger partial charge in [0, 0.05) is 30.9 Å². The standard InChI is InChI=1S/C17H20N4O2/c1-13-11-15(20-16(19-13)14-5-2-3-7-18-14)21-8-4-6-17(12-21)22-9-10-23-17/h2-3,5,7,11H,4,6,8-10,12H2,1H3. The summed E-state index contributed by atoms with van der Waals surface area (Å²) in [5.41, 5.74) is 1.72. The molecule has 0 aliphatic carbocycles. The van der Waals surface area contributed by atoms with E-state index in [1.165, 1.54) is 0 Å². The summed E-state index contributed by atoms with van der Waals surface area (Å²) in [5.74, 6) is 1.12. The van der Waals surface area contributed by atoms with Crippen molar-refractivity contribution in [1.82, 2.24) is 15.0 Å². The summed E-state index contributed by atoms with van der Waals surface area (Å²) in [6.45, 7) is 5.00. The molecule has 0 bridgehead atoms.